The number of nitrogens with one attached hydrogen (secondary N) is 1. The predicted molar refractivity (Wildman–Crippen MR) is 94.9 cm³/mol. The molecule has 0 bridgehead atoms. The molecule has 0 aliphatic carbocycles. The number of rotatable bonds is 5. The van der Waals surface area contributed by atoms with Crippen LogP contribution in [0.1, 0.15) is 35.7 Å². The van der Waals surface area contributed by atoms with Gasteiger partial charge >= 0.3 is 0 Å². The Kier molecular flexibility index (Phi) is 4.83. The molecule has 0 saturated carbocycles. The van der Waals surface area contributed by atoms with Crippen LogP contribution in [0.2, 0.25) is 0 Å². The van der Waals surface area contributed by atoms with Crippen LogP contribution in [0.4, 0.5) is 5.69 Å². The molecule has 0 spiro atoms. The number of sulfonamides is 1. The van der Waals surface area contributed by atoms with Gasteiger partial charge in [0.25, 0.3) is 5.91 Å². The van der Waals surface area contributed by atoms with Gasteiger partial charge in [0, 0.05) is 31.2 Å². The Balaban J connectivity index is 1.86. The van der Waals surface area contributed by atoms with E-state index in [2.05, 4.69) is 12.2 Å². The van der Waals surface area contributed by atoms with Crippen LogP contribution in [-0.2, 0) is 16.4 Å². The molecular formula is C17H25N3O3S. The summed E-state index contributed by atoms with van der Waals surface area (Å²) in [6.07, 6.45) is 3.78. The average Bonchev–Trinajstić information content (AvgIpc) is 3.19. The van der Waals surface area contributed by atoms with Gasteiger partial charge in [-0.25, -0.2) is 8.42 Å². The third kappa shape index (κ3) is 3.28. The van der Waals surface area contributed by atoms with Crippen molar-refractivity contribution in [3.63, 3.8) is 0 Å². The molecule has 132 valence electrons. The van der Waals surface area contributed by atoms with Gasteiger partial charge in [0.05, 0.1) is 11.9 Å². The number of anilines is 1. The fourth-order valence-corrected chi connectivity index (χ4v) is 4.57. The first-order chi connectivity index (χ1) is 11.4. The first-order valence-electron chi connectivity index (χ1n) is 8.54. The van der Waals surface area contributed by atoms with E-state index in [1.165, 1.54) is 10.6 Å². The third-order valence-corrected chi connectivity index (χ3v) is 5.96. The molecule has 7 heteroatoms. The monoisotopic (exact) mass is 351 g/mol. The van der Waals surface area contributed by atoms with Gasteiger partial charge < -0.3 is 10.2 Å². The molecule has 2 heterocycles. The molecule has 1 atom stereocenters. The number of benzene rings is 1. The summed E-state index contributed by atoms with van der Waals surface area (Å²) in [6, 6.07) is 5.65. The van der Waals surface area contributed by atoms with Crippen LogP contribution in [0.25, 0.3) is 0 Å². The second kappa shape index (κ2) is 6.72. The minimum Gasteiger partial charge on any atom is -0.334 e. The highest BCUT2D eigenvalue weighted by Gasteiger charge is 2.30. The van der Waals surface area contributed by atoms with Gasteiger partial charge in [0.1, 0.15) is 0 Å². The SMILES string of the molecule is CCCN(C(=O)c1ccc2c(c1)CCN2S(C)(=O)=O)C1CCNC1. The molecule has 1 amide bonds. The number of amides is 1. The largest absolute Gasteiger partial charge is 0.334 e. The van der Waals surface area contributed by atoms with E-state index in [0.29, 0.717) is 24.2 Å². The molecule has 0 radical (unpaired) electrons. The predicted octanol–water partition coefficient (Wildman–Crippen LogP) is 1.22. The highest BCUT2D eigenvalue weighted by molar-refractivity contribution is 7.92. The molecule has 24 heavy (non-hydrogen) atoms. The second-order valence-corrected chi connectivity index (χ2v) is 8.48. The minimum absolute atomic E-state index is 0.0474. The lowest BCUT2D eigenvalue weighted by molar-refractivity contribution is 0.0692. The van der Waals surface area contributed by atoms with E-state index in [0.717, 1.165) is 38.0 Å². The molecule has 1 aromatic rings. The van der Waals surface area contributed by atoms with E-state index >= 15 is 0 Å². The zero-order valence-electron chi connectivity index (χ0n) is 14.3. The Bertz CT molecular complexity index is 727. The molecule has 1 fully saturated rings. The Labute approximate surface area is 143 Å². The number of nitrogens with zero attached hydrogens (tertiary/aromatic N) is 2. The average molecular weight is 351 g/mol. The number of carbonyl (C=O) groups is 1. The first kappa shape index (κ1) is 17.2. The van der Waals surface area contributed by atoms with Crippen molar-refractivity contribution >= 4 is 21.6 Å². The molecule has 2 aliphatic heterocycles. The van der Waals surface area contributed by atoms with Gasteiger partial charge in [-0.15, -0.1) is 0 Å². The first-order valence-corrected chi connectivity index (χ1v) is 10.4. The van der Waals surface area contributed by atoms with Gasteiger partial charge in [0.15, 0.2) is 0 Å². The lowest BCUT2D eigenvalue weighted by Gasteiger charge is -2.28. The quantitative estimate of drug-likeness (QED) is 0.866. The summed E-state index contributed by atoms with van der Waals surface area (Å²) in [5.74, 6) is 0.0474. The Morgan fingerprint density at radius 3 is 2.83 bits per heavy atom. The summed E-state index contributed by atoms with van der Waals surface area (Å²) >= 11 is 0. The van der Waals surface area contributed by atoms with Crippen molar-refractivity contribution < 1.29 is 13.2 Å². The number of hydrogen-bond acceptors (Lipinski definition) is 4. The van der Waals surface area contributed by atoms with Crippen molar-refractivity contribution in [3.8, 4) is 0 Å². The number of fused-ring (bicyclic) bond motifs is 1. The molecule has 1 unspecified atom stereocenters. The fourth-order valence-electron chi connectivity index (χ4n) is 3.61. The normalized spacial score (nSPS) is 20.2. The topological polar surface area (TPSA) is 69.7 Å². The number of carbonyl (C=O) groups excluding carboxylic acids is 1. The molecular weight excluding hydrogens is 326 g/mol. The molecule has 3 rings (SSSR count). The van der Waals surface area contributed by atoms with E-state index in [4.69, 9.17) is 0 Å². The highest BCUT2D eigenvalue weighted by Crippen LogP contribution is 2.31. The van der Waals surface area contributed by atoms with Crippen LogP contribution in [0.3, 0.4) is 0 Å². The maximum atomic E-state index is 13.0. The summed E-state index contributed by atoms with van der Waals surface area (Å²) < 4.78 is 25.1. The maximum Gasteiger partial charge on any atom is 0.254 e. The van der Waals surface area contributed by atoms with Crippen LogP contribution in [0.15, 0.2) is 18.2 Å². The van der Waals surface area contributed by atoms with Crippen molar-refractivity contribution in [3.05, 3.63) is 29.3 Å². The molecule has 1 saturated heterocycles. The van der Waals surface area contributed by atoms with E-state index in [-0.39, 0.29) is 11.9 Å². The van der Waals surface area contributed by atoms with Gasteiger partial charge in [-0.2, -0.15) is 0 Å². The van der Waals surface area contributed by atoms with Crippen LogP contribution < -0.4 is 9.62 Å². The van der Waals surface area contributed by atoms with Crippen molar-refractivity contribution in [1.29, 1.82) is 0 Å². The summed E-state index contributed by atoms with van der Waals surface area (Å²) in [5.41, 5.74) is 2.30. The van der Waals surface area contributed by atoms with Gasteiger partial charge in [-0.1, -0.05) is 6.92 Å². The Hall–Kier alpha value is -1.60. The summed E-state index contributed by atoms with van der Waals surface area (Å²) in [7, 11) is -3.26. The zero-order chi connectivity index (χ0) is 17.3. The number of hydrogen-bond donors (Lipinski definition) is 1. The van der Waals surface area contributed by atoms with E-state index < -0.39 is 10.0 Å². The summed E-state index contributed by atoms with van der Waals surface area (Å²) in [5, 5.41) is 3.31. The molecule has 1 aromatic carbocycles. The van der Waals surface area contributed by atoms with Crippen molar-refractivity contribution in [2.24, 2.45) is 0 Å². The van der Waals surface area contributed by atoms with Gasteiger partial charge in [-0.05, 0) is 49.6 Å². The second-order valence-electron chi connectivity index (χ2n) is 6.57. The lowest BCUT2D eigenvalue weighted by Crippen LogP contribution is -2.42. The minimum atomic E-state index is -3.26. The molecule has 1 N–H and O–H groups in total. The highest BCUT2D eigenvalue weighted by atomic mass is 32.2. The van der Waals surface area contributed by atoms with E-state index in [9.17, 15) is 13.2 Å². The van der Waals surface area contributed by atoms with Crippen LogP contribution in [-0.4, -0.2) is 57.7 Å². The molecule has 2 aliphatic rings. The fraction of sp³-hybridized carbons (Fsp3) is 0.588. The van der Waals surface area contributed by atoms with Gasteiger partial charge in [0.2, 0.25) is 10.0 Å². The summed E-state index contributed by atoms with van der Waals surface area (Å²) in [6.45, 7) is 5.08. The maximum absolute atomic E-state index is 13.0. The van der Waals surface area contributed by atoms with Crippen molar-refractivity contribution in [1.82, 2.24) is 10.2 Å². The van der Waals surface area contributed by atoms with Crippen LogP contribution in [0, 0.1) is 0 Å². The Morgan fingerprint density at radius 2 is 2.21 bits per heavy atom. The lowest BCUT2D eigenvalue weighted by atomic mass is 10.1. The summed E-state index contributed by atoms with van der Waals surface area (Å²) in [4.78, 5) is 14.9. The zero-order valence-corrected chi connectivity index (χ0v) is 15.1. The van der Waals surface area contributed by atoms with Gasteiger partial charge in [-0.3, -0.25) is 9.10 Å². The Morgan fingerprint density at radius 1 is 1.42 bits per heavy atom. The molecule has 6 nitrogen and oxygen atoms in total. The van der Waals surface area contributed by atoms with E-state index in [1.807, 2.05) is 11.0 Å². The molecule has 0 aromatic heterocycles. The van der Waals surface area contributed by atoms with Crippen LogP contribution in [0.5, 0.6) is 0 Å². The van der Waals surface area contributed by atoms with Crippen molar-refractivity contribution in [2.75, 3.05) is 36.7 Å². The third-order valence-electron chi connectivity index (χ3n) is 4.78. The van der Waals surface area contributed by atoms with E-state index in [1.54, 1.807) is 12.1 Å². The smallest absolute Gasteiger partial charge is 0.254 e. The van der Waals surface area contributed by atoms with Crippen LogP contribution >= 0.6 is 0 Å². The van der Waals surface area contributed by atoms with Crippen molar-refractivity contribution in [2.45, 2.75) is 32.2 Å². The standard InChI is InChI=1S/C17H25N3O3S/c1-3-9-19(15-6-8-18-12-15)17(21)14-4-5-16-13(11-14)7-10-20(16)24(2,22)23/h4-5,11,15,18H,3,6-10,12H2,1-2H3.